The summed E-state index contributed by atoms with van der Waals surface area (Å²) < 4.78 is 6.17. The molecule has 0 amide bonds. The van der Waals surface area contributed by atoms with Gasteiger partial charge >= 0.3 is 11.9 Å². The Hall–Kier alpha value is -1.85. The Labute approximate surface area is 91.8 Å². The molecule has 1 aromatic heterocycles. The molecular formula is C10H12N2O4. The summed E-state index contributed by atoms with van der Waals surface area (Å²) in [5.74, 6) is -1.83. The number of methoxy groups -OCH3 is 1. The minimum absolute atomic E-state index is 0.126. The number of hydrogen-bond acceptors (Lipinski definition) is 4. The summed E-state index contributed by atoms with van der Waals surface area (Å²) >= 11 is 0. The van der Waals surface area contributed by atoms with Gasteiger partial charge in [0, 0.05) is 13.0 Å². The molecule has 0 saturated heterocycles. The first kappa shape index (κ1) is 10.7. The van der Waals surface area contributed by atoms with Crippen molar-refractivity contribution in [2.45, 2.75) is 12.3 Å². The van der Waals surface area contributed by atoms with Crippen molar-refractivity contribution < 1.29 is 19.4 Å². The Kier molecular flexibility index (Phi) is 2.41. The molecule has 0 radical (unpaired) electrons. The summed E-state index contributed by atoms with van der Waals surface area (Å²) in [6.07, 6.45) is 1.97. The van der Waals surface area contributed by atoms with Gasteiger partial charge in [-0.3, -0.25) is 9.48 Å². The Balaban J connectivity index is 2.31. The number of hydrogen-bond donors (Lipinski definition) is 1. The summed E-state index contributed by atoms with van der Waals surface area (Å²) in [5, 5.41) is 12.8. The third kappa shape index (κ3) is 1.56. The Morgan fingerprint density at radius 2 is 2.31 bits per heavy atom. The molecular weight excluding hydrogens is 212 g/mol. The second-order valence-corrected chi connectivity index (χ2v) is 3.85. The lowest BCUT2D eigenvalue weighted by Gasteiger charge is -2.03. The molecule has 0 spiro atoms. The number of aryl methyl sites for hydroxylation is 1. The fourth-order valence-corrected chi connectivity index (χ4v) is 1.92. The Bertz CT molecular complexity index is 452. The van der Waals surface area contributed by atoms with Crippen LogP contribution in [0.5, 0.6) is 0 Å². The first-order valence-corrected chi connectivity index (χ1v) is 4.89. The first-order chi connectivity index (χ1) is 7.56. The number of ether oxygens (including phenoxy) is 1. The molecule has 2 rings (SSSR count). The van der Waals surface area contributed by atoms with E-state index in [0.29, 0.717) is 17.7 Å². The molecule has 1 saturated carbocycles. The predicted molar refractivity (Wildman–Crippen MR) is 53.0 cm³/mol. The zero-order valence-corrected chi connectivity index (χ0v) is 9.01. The highest BCUT2D eigenvalue weighted by Crippen LogP contribution is 2.48. The van der Waals surface area contributed by atoms with Gasteiger partial charge in [-0.15, -0.1) is 0 Å². The number of nitrogens with zero attached hydrogens (tertiary/aromatic N) is 2. The average Bonchev–Trinajstić information content (AvgIpc) is 2.95. The van der Waals surface area contributed by atoms with Gasteiger partial charge < -0.3 is 9.84 Å². The minimum atomic E-state index is -0.831. The van der Waals surface area contributed by atoms with Gasteiger partial charge in [0.05, 0.1) is 24.9 Å². The quantitative estimate of drug-likeness (QED) is 0.751. The number of esters is 1. The van der Waals surface area contributed by atoms with Crippen LogP contribution in [0.25, 0.3) is 0 Å². The van der Waals surface area contributed by atoms with Gasteiger partial charge in [0.1, 0.15) is 5.56 Å². The molecule has 0 aromatic carbocycles. The van der Waals surface area contributed by atoms with Gasteiger partial charge in [0.2, 0.25) is 0 Å². The molecule has 16 heavy (non-hydrogen) atoms. The normalized spacial score (nSPS) is 22.9. The Morgan fingerprint density at radius 3 is 2.81 bits per heavy atom. The van der Waals surface area contributed by atoms with Crippen molar-refractivity contribution in [2.75, 3.05) is 7.11 Å². The van der Waals surface area contributed by atoms with Crippen LogP contribution in [0.1, 0.15) is 28.4 Å². The van der Waals surface area contributed by atoms with E-state index in [0.717, 1.165) is 0 Å². The van der Waals surface area contributed by atoms with E-state index in [9.17, 15) is 9.59 Å². The first-order valence-electron chi connectivity index (χ1n) is 4.89. The van der Waals surface area contributed by atoms with Crippen molar-refractivity contribution in [2.24, 2.45) is 13.0 Å². The molecule has 0 bridgehead atoms. The van der Waals surface area contributed by atoms with Crippen LogP contribution in [0.3, 0.4) is 0 Å². The van der Waals surface area contributed by atoms with Gasteiger partial charge in [-0.2, -0.15) is 5.10 Å². The zero-order valence-electron chi connectivity index (χ0n) is 9.01. The summed E-state index contributed by atoms with van der Waals surface area (Å²) in [4.78, 5) is 22.2. The molecule has 1 fully saturated rings. The molecule has 1 aliphatic carbocycles. The third-order valence-electron chi connectivity index (χ3n) is 2.85. The maximum Gasteiger partial charge on any atom is 0.341 e. The molecule has 1 aromatic rings. The van der Waals surface area contributed by atoms with Gasteiger partial charge in [0.25, 0.3) is 0 Å². The summed E-state index contributed by atoms with van der Waals surface area (Å²) in [6, 6.07) is 0. The van der Waals surface area contributed by atoms with Crippen LogP contribution in [0.2, 0.25) is 0 Å². The highest BCUT2D eigenvalue weighted by atomic mass is 16.5. The van der Waals surface area contributed by atoms with Crippen LogP contribution >= 0.6 is 0 Å². The maximum absolute atomic E-state index is 11.4. The Morgan fingerprint density at radius 1 is 1.62 bits per heavy atom. The summed E-state index contributed by atoms with van der Waals surface area (Å²) in [7, 11) is 2.99. The molecule has 6 heteroatoms. The fourth-order valence-electron chi connectivity index (χ4n) is 1.92. The van der Waals surface area contributed by atoms with Crippen LogP contribution in [0, 0.1) is 5.92 Å². The molecule has 2 atom stereocenters. The van der Waals surface area contributed by atoms with Crippen LogP contribution < -0.4 is 0 Å². The molecule has 1 N–H and O–H groups in total. The standard InChI is InChI=1S/C10H12N2O4/c1-12-8(5-3-6(5)9(13)14)7(4-11-12)10(15)16-2/h4-6H,3H2,1-2H3,(H,13,14). The van der Waals surface area contributed by atoms with E-state index in [1.54, 1.807) is 11.7 Å². The van der Waals surface area contributed by atoms with Crippen LogP contribution in [0.15, 0.2) is 6.20 Å². The van der Waals surface area contributed by atoms with E-state index < -0.39 is 17.9 Å². The average molecular weight is 224 g/mol. The molecule has 0 aliphatic heterocycles. The van der Waals surface area contributed by atoms with E-state index >= 15 is 0 Å². The molecule has 6 nitrogen and oxygen atoms in total. The number of carbonyl (C=O) groups excluding carboxylic acids is 1. The maximum atomic E-state index is 11.4. The van der Waals surface area contributed by atoms with Crippen molar-refractivity contribution in [1.82, 2.24) is 9.78 Å². The highest BCUT2D eigenvalue weighted by Gasteiger charge is 2.47. The number of aliphatic carboxylic acids is 1. The number of carboxylic acids is 1. The molecule has 2 unspecified atom stereocenters. The van der Waals surface area contributed by atoms with Crippen LogP contribution in [-0.2, 0) is 16.6 Å². The topological polar surface area (TPSA) is 81.4 Å². The van der Waals surface area contributed by atoms with E-state index in [1.165, 1.54) is 13.3 Å². The minimum Gasteiger partial charge on any atom is -0.481 e. The largest absolute Gasteiger partial charge is 0.481 e. The van der Waals surface area contributed by atoms with Gasteiger partial charge in [-0.1, -0.05) is 0 Å². The molecule has 1 heterocycles. The van der Waals surface area contributed by atoms with Crippen molar-refractivity contribution >= 4 is 11.9 Å². The van der Waals surface area contributed by atoms with Crippen LogP contribution in [0.4, 0.5) is 0 Å². The monoisotopic (exact) mass is 224 g/mol. The van der Waals surface area contributed by atoms with Crippen molar-refractivity contribution in [3.05, 3.63) is 17.5 Å². The van der Waals surface area contributed by atoms with Crippen LogP contribution in [-0.4, -0.2) is 33.9 Å². The SMILES string of the molecule is COC(=O)c1cnn(C)c1C1CC1C(=O)O. The van der Waals surface area contributed by atoms with E-state index in [-0.39, 0.29) is 5.92 Å². The fraction of sp³-hybridized carbons (Fsp3) is 0.500. The van der Waals surface area contributed by atoms with Gasteiger partial charge in [-0.05, 0) is 6.42 Å². The van der Waals surface area contributed by atoms with Gasteiger partial charge in [-0.25, -0.2) is 4.79 Å². The van der Waals surface area contributed by atoms with Crippen molar-refractivity contribution in [1.29, 1.82) is 0 Å². The lowest BCUT2D eigenvalue weighted by Crippen LogP contribution is -2.08. The number of carbonyl (C=O) groups is 2. The number of aromatic nitrogens is 2. The highest BCUT2D eigenvalue weighted by molar-refractivity contribution is 5.91. The lowest BCUT2D eigenvalue weighted by atomic mass is 10.1. The van der Waals surface area contributed by atoms with Gasteiger partial charge in [0.15, 0.2) is 0 Å². The second kappa shape index (κ2) is 3.62. The number of carboxylic acid groups (broad SMARTS) is 1. The number of rotatable bonds is 3. The second-order valence-electron chi connectivity index (χ2n) is 3.85. The lowest BCUT2D eigenvalue weighted by molar-refractivity contribution is -0.138. The van der Waals surface area contributed by atoms with E-state index in [2.05, 4.69) is 9.84 Å². The smallest absolute Gasteiger partial charge is 0.341 e. The summed E-state index contributed by atoms with van der Waals surface area (Å²) in [6.45, 7) is 0. The molecule has 1 aliphatic rings. The van der Waals surface area contributed by atoms with Crippen molar-refractivity contribution in [3.63, 3.8) is 0 Å². The van der Waals surface area contributed by atoms with Crippen molar-refractivity contribution in [3.8, 4) is 0 Å². The zero-order chi connectivity index (χ0) is 11.9. The van der Waals surface area contributed by atoms with E-state index in [4.69, 9.17) is 5.11 Å². The van der Waals surface area contributed by atoms with E-state index in [1.807, 2.05) is 0 Å². The molecule has 86 valence electrons. The predicted octanol–water partition coefficient (Wildman–Crippen LogP) is 0.395. The summed E-state index contributed by atoms with van der Waals surface area (Å²) in [5.41, 5.74) is 1.01. The third-order valence-corrected chi connectivity index (χ3v) is 2.85.